The van der Waals surface area contributed by atoms with Crippen LogP contribution in [0.3, 0.4) is 0 Å². The SMILES string of the molecule is FC1(F)CC(CNC2CC(F)(F)C2)C1. The second kappa shape index (κ2) is 3.08. The van der Waals surface area contributed by atoms with Crippen LogP contribution in [-0.2, 0) is 0 Å². The van der Waals surface area contributed by atoms with Crippen molar-refractivity contribution in [2.75, 3.05) is 6.54 Å². The quantitative estimate of drug-likeness (QED) is 0.707. The molecule has 0 atom stereocenters. The Bertz CT molecular complexity index is 189. The van der Waals surface area contributed by atoms with Gasteiger partial charge in [0, 0.05) is 31.7 Å². The fourth-order valence-corrected chi connectivity index (χ4v) is 2.07. The van der Waals surface area contributed by atoms with Crippen molar-refractivity contribution in [3.05, 3.63) is 0 Å². The Labute approximate surface area is 79.9 Å². The molecule has 0 radical (unpaired) electrons. The van der Waals surface area contributed by atoms with Crippen molar-refractivity contribution in [3.8, 4) is 0 Å². The highest BCUT2D eigenvalue weighted by atomic mass is 19.3. The van der Waals surface area contributed by atoms with Crippen LogP contribution in [0.5, 0.6) is 0 Å². The molecule has 0 amide bonds. The van der Waals surface area contributed by atoms with Crippen LogP contribution in [0.4, 0.5) is 17.6 Å². The molecule has 0 heterocycles. The lowest BCUT2D eigenvalue weighted by Crippen LogP contribution is -2.51. The van der Waals surface area contributed by atoms with E-state index in [1.165, 1.54) is 0 Å². The average Bonchev–Trinajstić information content (AvgIpc) is 1.92. The first-order valence-electron chi connectivity index (χ1n) is 4.85. The lowest BCUT2D eigenvalue weighted by molar-refractivity contribution is -0.118. The zero-order chi connectivity index (χ0) is 10.4. The van der Waals surface area contributed by atoms with Crippen LogP contribution in [0, 0.1) is 5.92 Å². The van der Waals surface area contributed by atoms with Crippen molar-refractivity contribution in [2.45, 2.75) is 43.6 Å². The Morgan fingerprint density at radius 3 is 1.86 bits per heavy atom. The predicted octanol–water partition coefficient (Wildman–Crippen LogP) is 2.42. The molecular weight excluding hydrogens is 198 g/mol. The van der Waals surface area contributed by atoms with Gasteiger partial charge < -0.3 is 5.32 Å². The molecule has 0 aromatic heterocycles. The van der Waals surface area contributed by atoms with E-state index in [0.29, 0.717) is 6.54 Å². The molecule has 0 aliphatic heterocycles. The second-order valence-corrected chi connectivity index (χ2v) is 4.50. The summed E-state index contributed by atoms with van der Waals surface area (Å²) in [6.07, 6.45) is -0.474. The molecule has 0 bridgehead atoms. The minimum absolute atomic E-state index is 0.0285. The van der Waals surface area contributed by atoms with Gasteiger partial charge in [-0.3, -0.25) is 0 Å². The standard InChI is InChI=1S/C9H13F4N/c10-8(11)1-6(2-8)5-14-7-3-9(12,13)4-7/h6-7,14H,1-5H2. The van der Waals surface area contributed by atoms with E-state index in [9.17, 15) is 17.6 Å². The summed E-state index contributed by atoms with van der Waals surface area (Å²) in [7, 11) is 0. The van der Waals surface area contributed by atoms with E-state index in [-0.39, 0.29) is 37.6 Å². The molecule has 0 spiro atoms. The van der Waals surface area contributed by atoms with E-state index in [0.717, 1.165) is 0 Å². The zero-order valence-corrected chi connectivity index (χ0v) is 7.70. The number of nitrogens with one attached hydrogen (secondary N) is 1. The van der Waals surface area contributed by atoms with E-state index in [1.807, 2.05) is 0 Å². The first-order chi connectivity index (χ1) is 6.36. The minimum Gasteiger partial charge on any atom is -0.313 e. The van der Waals surface area contributed by atoms with Gasteiger partial charge in [-0.2, -0.15) is 0 Å². The molecule has 2 rings (SSSR count). The lowest BCUT2D eigenvalue weighted by atomic mass is 9.80. The van der Waals surface area contributed by atoms with Gasteiger partial charge in [-0.15, -0.1) is 0 Å². The molecule has 0 saturated heterocycles. The number of rotatable bonds is 3. The maximum Gasteiger partial charge on any atom is 0.251 e. The molecule has 5 heteroatoms. The van der Waals surface area contributed by atoms with Crippen molar-refractivity contribution in [1.29, 1.82) is 0 Å². The summed E-state index contributed by atoms with van der Waals surface area (Å²) < 4.78 is 49.5. The molecule has 0 aromatic rings. The third kappa shape index (κ3) is 2.19. The molecule has 0 aromatic carbocycles. The summed E-state index contributed by atoms with van der Waals surface area (Å²) in [4.78, 5) is 0. The van der Waals surface area contributed by atoms with E-state index in [2.05, 4.69) is 5.32 Å². The van der Waals surface area contributed by atoms with E-state index < -0.39 is 11.8 Å². The molecule has 1 N–H and O–H groups in total. The summed E-state index contributed by atoms with van der Waals surface area (Å²) in [6, 6.07) is -0.167. The van der Waals surface area contributed by atoms with E-state index in [4.69, 9.17) is 0 Å². The van der Waals surface area contributed by atoms with Crippen molar-refractivity contribution in [2.24, 2.45) is 5.92 Å². The van der Waals surface area contributed by atoms with Crippen LogP contribution >= 0.6 is 0 Å². The normalized spacial score (nSPS) is 30.9. The Kier molecular flexibility index (Phi) is 2.25. The van der Waals surface area contributed by atoms with E-state index in [1.54, 1.807) is 0 Å². The van der Waals surface area contributed by atoms with Crippen LogP contribution < -0.4 is 5.32 Å². The maximum atomic E-state index is 12.4. The number of halogens is 4. The van der Waals surface area contributed by atoms with Gasteiger partial charge in [-0.1, -0.05) is 0 Å². The molecule has 1 nitrogen and oxygen atoms in total. The smallest absolute Gasteiger partial charge is 0.251 e. The summed E-state index contributed by atoms with van der Waals surface area (Å²) in [6.45, 7) is 0.455. The second-order valence-electron chi connectivity index (χ2n) is 4.50. The number of hydrogen-bond donors (Lipinski definition) is 1. The molecule has 0 unspecified atom stereocenters. The monoisotopic (exact) mass is 211 g/mol. The summed E-state index contributed by atoms with van der Waals surface area (Å²) in [5, 5.41) is 2.90. The lowest BCUT2D eigenvalue weighted by Gasteiger charge is -2.39. The summed E-state index contributed by atoms with van der Waals surface area (Å²) in [5.41, 5.74) is 0. The van der Waals surface area contributed by atoms with Crippen molar-refractivity contribution >= 4 is 0 Å². The fourth-order valence-electron chi connectivity index (χ4n) is 2.07. The minimum atomic E-state index is -2.53. The Morgan fingerprint density at radius 1 is 0.929 bits per heavy atom. The summed E-state index contributed by atoms with van der Waals surface area (Å²) >= 11 is 0. The number of hydrogen-bond acceptors (Lipinski definition) is 1. The highest BCUT2D eigenvalue weighted by molar-refractivity contribution is 4.93. The molecule has 2 fully saturated rings. The largest absolute Gasteiger partial charge is 0.313 e. The molecule has 2 aliphatic rings. The van der Waals surface area contributed by atoms with Gasteiger partial charge in [0.15, 0.2) is 0 Å². The Hall–Kier alpha value is -0.320. The first kappa shape index (κ1) is 10.2. The highest BCUT2D eigenvalue weighted by Crippen LogP contribution is 2.43. The van der Waals surface area contributed by atoms with Crippen LogP contribution in [-0.4, -0.2) is 24.4 Å². The van der Waals surface area contributed by atoms with Gasteiger partial charge in [-0.05, 0) is 12.5 Å². The van der Waals surface area contributed by atoms with Gasteiger partial charge >= 0.3 is 0 Å². The summed E-state index contributed by atoms with van der Waals surface area (Å²) in [5.74, 6) is -5.06. The molecule has 82 valence electrons. The van der Waals surface area contributed by atoms with Crippen molar-refractivity contribution in [1.82, 2.24) is 5.32 Å². The molecule has 14 heavy (non-hydrogen) atoms. The molecular formula is C9H13F4N. The Morgan fingerprint density at radius 2 is 1.43 bits per heavy atom. The topological polar surface area (TPSA) is 12.0 Å². The van der Waals surface area contributed by atoms with Crippen LogP contribution in [0.2, 0.25) is 0 Å². The fraction of sp³-hybridized carbons (Fsp3) is 1.00. The van der Waals surface area contributed by atoms with Gasteiger partial charge in [0.2, 0.25) is 5.92 Å². The van der Waals surface area contributed by atoms with Gasteiger partial charge in [0.05, 0.1) is 0 Å². The molecule has 2 saturated carbocycles. The van der Waals surface area contributed by atoms with Crippen LogP contribution in [0.15, 0.2) is 0 Å². The van der Waals surface area contributed by atoms with E-state index >= 15 is 0 Å². The zero-order valence-electron chi connectivity index (χ0n) is 7.70. The van der Waals surface area contributed by atoms with Crippen molar-refractivity contribution < 1.29 is 17.6 Å². The third-order valence-electron chi connectivity index (χ3n) is 2.96. The van der Waals surface area contributed by atoms with Gasteiger partial charge in [0.1, 0.15) is 0 Å². The van der Waals surface area contributed by atoms with Gasteiger partial charge in [0.25, 0.3) is 5.92 Å². The molecule has 2 aliphatic carbocycles. The van der Waals surface area contributed by atoms with Crippen molar-refractivity contribution in [3.63, 3.8) is 0 Å². The maximum absolute atomic E-state index is 12.4. The van der Waals surface area contributed by atoms with Crippen LogP contribution in [0.1, 0.15) is 25.7 Å². The average molecular weight is 211 g/mol. The number of alkyl halides is 4. The first-order valence-corrected chi connectivity index (χ1v) is 4.85. The highest BCUT2D eigenvalue weighted by Gasteiger charge is 2.48. The predicted molar refractivity (Wildman–Crippen MR) is 43.6 cm³/mol. The third-order valence-corrected chi connectivity index (χ3v) is 2.96. The van der Waals surface area contributed by atoms with Gasteiger partial charge in [-0.25, -0.2) is 17.6 Å². The Balaban J connectivity index is 1.58. The van der Waals surface area contributed by atoms with Crippen LogP contribution in [0.25, 0.3) is 0 Å².